The summed E-state index contributed by atoms with van der Waals surface area (Å²) < 4.78 is 11.2. The van der Waals surface area contributed by atoms with Crippen LogP contribution in [-0.4, -0.2) is 13.0 Å². The molecule has 0 atom stereocenters. The summed E-state index contributed by atoms with van der Waals surface area (Å²) >= 11 is 0. The van der Waals surface area contributed by atoms with E-state index in [1.807, 2.05) is 73.7 Å². The van der Waals surface area contributed by atoms with Crippen LogP contribution in [0, 0.1) is 6.92 Å². The molecule has 5 heteroatoms. The number of nitrogens with one attached hydrogen (secondary N) is 1. The average Bonchev–Trinajstić information content (AvgIpc) is 2.73. The van der Waals surface area contributed by atoms with E-state index < -0.39 is 0 Å². The summed E-state index contributed by atoms with van der Waals surface area (Å²) in [7, 11) is 1.60. The third-order valence-electron chi connectivity index (χ3n) is 4.46. The van der Waals surface area contributed by atoms with Crippen molar-refractivity contribution in [3.8, 4) is 5.75 Å². The maximum absolute atomic E-state index is 13.0. The number of benzene rings is 3. The molecule has 0 aliphatic carbocycles. The zero-order valence-corrected chi connectivity index (χ0v) is 16.2. The van der Waals surface area contributed by atoms with Crippen LogP contribution in [0.2, 0.25) is 0 Å². The summed E-state index contributed by atoms with van der Waals surface area (Å²) in [5, 5.41) is 3.75. The Labute approximate surface area is 168 Å². The van der Waals surface area contributed by atoms with E-state index in [-0.39, 0.29) is 11.5 Å². The van der Waals surface area contributed by atoms with Crippen molar-refractivity contribution in [3.63, 3.8) is 0 Å². The molecule has 0 fully saturated rings. The van der Waals surface area contributed by atoms with E-state index in [2.05, 4.69) is 10.3 Å². The fourth-order valence-electron chi connectivity index (χ4n) is 3.03. The smallest absolute Gasteiger partial charge is 0.261 e. The molecule has 0 aliphatic rings. The molecule has 0 unspecified atom stereocenters. The van der Waals surface area contributed by atoms with Crippen molar-refractivity contribution in [2.45, 2.75) is 6.92 Å². The molecule has 0 spiro atoms. The molecule has 4 rings (SSSR count). The van der Waals surface area contributed by atoms with Gasteiger partial charge in [0.1, 0.15) is 16.9 Å². The van der Waals surface area contributed by atoms with E-state index in [4.69, 9.17) is 9.15 Å². The molecule has 29 heavy (non-hydrogen) atoms. The van der Waals surface area contributed by atoms with Crippen LogP contribution in [0.4, 0.5) is 11.4 Å². The third kappa shape index (κ3) is 4.19. The molecule has 144 valence electrons. The Kier molecular flexibility index (Phi) is 5.12. The first-order chi connectivity index (χ1) is 14.1. The second-order valence-corrected chi connectivity index (χ2v) is 6.64. The minimum Gasteiger partial charge on any atom is -0.497 e. The van der Waals surface area contributed by atoms with Crippen LogP contribution in [0.15, 0.2) is 88.3 Å². The number of carbonyl (C=O) groups is 1. The number of carbonyl (C=O) groups excluding carboxylic acids is 1. The second-order valence-electron chi connectivity index (χ2n) is 6.64. The van der Waals surface area contributed by atoms with Gasteiger partial charge in [0, 0.05) is 17.1 Å². The molecule has 0 radical (unpaired) electrons. The van der Waals surface area contributed by atoms with E-state index in [1.54, 1.807) is 19.2 Å². The average molecular weight is 384 g/mol. The lowest BCUT2D eigenvalue weighted by molar-refractivity contribution is 0.102. The summed E-state index contributed by atoms with van der Waals surface area (Å²) in [5.74, 6) is 0.393. The fraction of sp³-hybridized carbons (Fsp3) is 0.0833. The van der Waals surface area contributed by atoms with E-state index in [0.717, 1.165) is 16.6 Å². The van der Waals surface area contributed by atoms with Crippen molar-refractivity contribution < 1.29 is 13.9 Å². The van der Waals surface area contributed by atoms with Crippen molar-refractivity contribution in [2.75, 3.05) is 12.4 Å². The first-order valence-electron chi connectivity index (χ1n) is 9.22. The number of ether oxygens (including phenoxy) is 1. The Morgan fingerprint density at radius 3 is 2.62 bits per heavy atom. The van der Waals surface area contributed by atoms with Gasteiger partial charge >= 0.3 is 0 Å². The predicted octanol–water partition coefficient (Wildman–Crippen LogP) is 5.23. The van der Waals surface area contributed by atoms with Gasteiger partial charge in [0.2, 0.25) is 5.55 Å². The van der Waals surface area contributed by atoms with Crippen molar-refractivity contribution in [3.05, 3.63) is 95.5 Å². The van der Waals surface area contributed by atoms with Crippen molar-refractivity contribution in [2.24, 2.45) is 4.99 Å². The van der Waals surface area contributed by atoms with Crippen molar-refractivity contribution in [1.82, 2.24) is 0 Å². The van der Waals surface area contributed by atoms with Gasteiger partial charge in [0.25, 0.3) is 5.91 Å². The Morgan fingerprint density at radius 2 is 1.79 bits per heavy atom. The number of anilines is 1. The molecule has 0 saturated carbocycles. The Bertz CT molecular complexity index is 1260. The van der Waals surface area contributed by atoms with Crippen LogP contribution in [-0.2, 0) is 0 Å². The molecule has 3 aromatic carbocycles. The quantitative estimate of drug-likeness (QED) is 0.524. The van der Waals surface area contributed by atoms with Gasteiger partial charge in [-0.1, -0.05) is 36.4 Å². The molecule has 0 saturated heterocycles. The second kappa shape index (κ2) is 8.02. The Balaban J connectivity index is 1.83. The number of hydrogen-bond donors (Lipinski definition) is 1. The Morgan fingerprint density at radius 1 is 0.966 bits per heavy atom. The van der Waals surface area contributed by atoms with Crippen LogP contribution >= 0.6 is 0 Å². The van der Waals surface area contributed by atoms with E-state index in [0.29, 0.717) is 22.6 Å². The fourth-order valence-corrected chi connectivity index (χ4v) is 3.03. The van der Waals surface area contributed by atoms with Crippen LogP contribution in [0.1, 0.15) is 15.9 Å². The normalized spacial score (nSPS) is 11.4. The van der Waals surface area contributed by atoms with Crippen LogP contribution in [0.5, 0.6) is 5.75 Å². The summed E-state index contributed by atoms with van der Waals surface area (Å²) in [5.41, 5.74) is 3.66. The molecule has 1 amide bonds. The first-order valence-corrected chi connectivity index (χ1v) is 9.22. The van der Waals surface area contributed by atoms with E-state index in [9.17, 15) is 4.79 Å². The van der Waals surface area contributed by atoms with Crippen LogP contribution in [0.3, 0.4) is 0 Å². The molecule has 1 aromatic heterocycles. The summed E-state index contributed by atoms with van der Waals surface area (Å²) in [6, 6.07) is 24.3. The number of nitrogens with zero attached hydrogens (tertiary/aromatic N) is 1. The molecule has 1 heterocycles. The standard InChI is InChI=1S/C24H20N2O3/c1-16-7-5-9-18(13-16)25-23(27)21-14-17-8-3-4-12-22(17)29-24(21)26-19-10-6-11-20(15-19)28-2/h3-15H,1-2H3,(H,25,27). The molecule has 4 aromatic rings. The molecule has 1 N–H and O–H groups in total. The van der Waals surface area contributed by atoms with E-state index in [1.165, 1.54) is 0 Å². The predicted molar refractivity (Wildman–Crippen MR) is 114 cm³/mol. The van der Waals surface area contributed by atoms with Crippen molar-refractivity contribution >= 4 is 28.3 Å². The molecule has 5 nitrogen and oxygen atoms in total. The lowest BCUT2D eigenvalue weighted by atomic mass is 10.1. The van der Waals surface area contributed by atoms with Gasteiger partial charge in [-0.05, 0) is 48.9 Å². The highest BCUT2D eigenvalue weighted by atomic mass is 16.5. The minimum absolute atomic E-state index is 0.238. The summed E-state index contributed by atoms with van der Waals surface area (Å²) in [6.07, 6.45) is 0. The summed E-state index contributed by atoms with van der Waals surface area (Å²) in [6.45, 7) is 1.98. The van der Waals surface area contributed by atoms with Gasteiger partial charge in [-0.25, -0.2) is 4.99 Å². The van der Waals surface area contributed by atoms with Crippen molar-refractivity contribution in [1.29, 1.82) is 0 Å². The maximum atomic E-state index is 13.0. The number of amides is 1. The monoisotopic (exact) mass is 384 g/mol. The maximum Gasteiger partial charge on any atom is 0.261 e. The number of hydrogen-bond acceptors (Lipinski definition) is 4. The van der Waals surface area contributed by atoms with Gasteiger partial charge < -0.3 is 14.5 Å². The highest BCUT2D eigenvalue weighted by molar-refractivity contribution is 6.05. The lowest BCUT2D eigenvalue weighted by Crippen LogP contribution is -2.21. The third-order valence-corrected chi connectivity index (χ3v) is 4.46. The number of para-hydroxylation sites is 1. The number of rotatable bonds is 4. The van der Waals surface area contributed by atoms with Gasteiger partial charge in [-0.15, -0.1) is 0 Å². The zero-order chi connectivity index (χ0) is 20.2. The van der Waals surface area contributed by atoms with Crippen LogP contribution < -0.4 is 15.6 Å². The highest BCUT2D eigenvalue weighted by Crippen LogP contribution is 2.20. The van der Waals surface area contributed by atoms with E-state index >= 15 is 0 Å². The Hall–Kier alpha value is -3.86. The number of methoxy groups -OCH3 is 1. The van der Waals surface area contributed by atoms with Gasteiger partial charge in [-0.2, -0.15) is 0 Å². The van der Waals surface area contributed by atoms with Gasteiger partial charge in [-0.3, -0.25) is 4.79 Å². The van der Waals surface area contributed by atoms with Gasteiger partial charge in [0.15, 0.2) is 0 Å². The van der Waals surface area contributed by atoms with Gasteiger partial charge in [0.05, 0.1) is 12.8 Å². The largest absolute Gasteiger partial charge is 0.497 e. The zero-order valence-electron chi connectivity index (χ0n) is 16.2. The highest BCUT2D eigenvalue weighted by Gasteiger charge is 2.13. The number of aryl methyl sites for hydroxylation is 1. The topological polar surface area (TPSA) is 63.8 Å². The minimum atomic E-state index is -0.285. The molecular weight excluding hydrogens is 364 g/mol. The van der Waals surface area contributed by atoms with Crippen LogP contribution in [0.25, 0.3) is 11.0 Å². The summed E-state index contributed by atoms with van der Waals surface area (Å²) in [4.78, 5) is 17.6. The molecule has 0 aliphatic heterocycles. The molecular formula is C24H20N2O3. The molecule has 0 bridgehead atoms. The first kappa shape index (κ1) is 18.5. The lowest BCUT2D eigenvalue weighted by Gasteiger charge is -2.08. The SMILES string of the molecule is COc1cccc(N=c2oc3ccccc3cc2C(=O)Nc2cccc(C)c2)c1. The number of fused-ring (bicyclic) bond motifs is 1.